The number of anilines is 1. The molecule has 0 bridgehead atoms. The summed E-state index contributed by atoms with van der Waals surface area (Å²) in [5.41, 5.74) is 5.85. The largest absolute Gasteiger partial charge is 0.376 e. The number of ether oxygens (including phenoxy) is 1. The Labute approximate surface area is 125 Å². The number of aromatic nitrogens is 2. The minimum atomic E-state index is 0.602. The van der Waals surface area contributed by atoms with E-state index in [1.165, 1.54) is 11.1 Å². The molecule has 0 radical (unpaired) electrons. The summed E-state index contributed by atoms with van der Waals surface area (Å²) in [5.74, 6) is 1.73. The van der Waals surface area contributed by atoms with Crippen LogP contribution in [0.2, 0.25) is 0 Å². The van der Waals surface area contributed by atoms with Crippen molar-refractivity contribution < 1.29 is 4.74 Å². The number of hydrogen-bond donors (Lipinski definition) is 1. The van der Waals surface area contributed by atoms with Crippen LogP contribution in [0, 0.1) is 13.8 Å². The minimum absolute atomic E-state index is 0.602. The maximum Gasteiger partial charge on any atom is 0.162 e. The first-order valence-corrected chi connectivity index (χ1v) is 7.48. The molecule has 0 aliphatic carbocycles. The van der Waals surface area contributed by atoms with Crippen LogP contribution in [0.1, 0.15) is 29.3 Å². The van der Waals surface area contributed by atoms with Gasteiger partial charge >= 0.3 is 0 Å². The van der Waals surface area contributed by atoms with Gasteiger partial charge in [0.25, 0.3) is 0 Å². The van der Waals surface area contributed by atoms with Crippen LogP contribution in [0.25, 0.3) is 11.4 Å². The Morgan fingerprint density at radius 1 is 1.24 bits per heavy atom. The van der Waals surface area contributed by atoms with E-state index in [0.29, 0.717) is 6.61 Å². The molecule has 1 aromatic heterocycles. The molecule has 4 nitrogen and oxygen atoms in total. The Morgan fingerprint density at radius 3 is 2.90 bits per heavy atom. The maximum atomic E-state index is 5.55. The zero-order chi connectivity index (χ0) is 14.8. The molecule has 4 heteroatoms. The zero-order valence-corrected chi connectivity index (χ0v) is 12.9. The third-order valence-electron chi connectivity index (χ3n) is 4.01. The van der Waals surface area contributed by atoms with Crippen LogP contribution in [0.4, 0.5) is 5.82 Å². The van der Waals surface area contributed by atoms with Crippen LogP contribution in [0.3, 0.4) is 0 Å². The van der Waals surface area contributed by atoms with E-state index in [1.807, 2.05) is 0 Å². The summed E-state index contributed by atoms with van der Waals surface area (Å²) >= 11 is 0. The van der Waals surface area contributed by atoms with Crippen molar-refractivity contribution in [1.29, 1.82) is 0 Å². The summed E-state index contributed by atoms with van der Waals surface area (Å²) in [6.45, 7) is 8.51. The van der Waals surface area contributed by atoms with E-state index in [0.717, 1.165) is 48.0 Å². The monoisotopic (exact) mass is 283 g/mol. The van der Waals surface area contributed by atoms with Gasteiger partial charge in [0.1, 0.15) is 5.82 Å². The number of fused-ring (bicyclic) bond motifs is 1. The molecule has 1 N–H and O–H groups in total. The fraction of sp³-hybridized carbons (Fsp3) is 0.412. The van der Waals surface area contributed by atoms with Gasteiger partial charge in [-0.05, 0) is 31.9 Å². The van der Waals surface area contributed by atoms with E-state index in [4.69, 9.17) is 14.7 Å². The fourth-order valence-electron chi connectivity index (χ4n) is 2.66. The zero-order valence-electron chi connectivity index (χ0n) is 12.9. The summed E-state index contributed by atoms with van der Waals surface area (Å²) < 4.78 is 5.55. The summed E-state index contributed by atoms with van der Waals surface area (Å²) in [6, 6.07) is 6.28. The SMILES string of the molecule is CCNc1nc(-c2cccc(C)c2C)nc2c1COCC2. The van der Waals surface area contributed by atoms with Crippen LogP contribution in [0.15, 0.2) is 18.2 Å². The Bertz CT molecular complexity index is 667. The molecule has 3 rings (SSSR count). The first-order chi connectivity index (χ1) is 10.2. The standard InChI is InChI=1S/C17H21N3O/c1-4-18-16-14-10-21-9-8-15(14)19-17(20-16)13-7-5-6-11(2)12(13)3/h5-7H,4,8-10H2,1-3H3,(H,18,19,20). The fourth-order valence-corrected chi connectivity index (χ4v) is 2.66. The predicted octanol–water partition coefficient (Wildman–Crippen LogP) is 3.26. The molecule has 2 heterocycles. The third kappa shape index (κ3) is 2.63. The van der Waals surface area contributed by atoms with Crippen LogP contribution < -0.4 is 5.32 Å². The Kier molecular flexibility index (Phi) is 3.88. The highest BCUT2D eigenvalue weighted by molar-refractivity contribution is 5.64. The summed E-state index contributed by atoms with van der Waals surface area (Å²) in [5, 5.41) is 3.35. The highest BCUT2D eigenvalue weighted by Crippen LogP contribution is 2.28. The lowest BCUT2D eigenvalue weighted by Gasteiger charge is -2.20. The molecule has 0 unspecified atom stereocenters. The van der Waals surface area contributed by atoms with Crippen molar-refractivity contribution in [2.75, 3.05) is 18.5 Å². The van der Waals surface area contributed by atoms with Crippen molar-refractivity contribution in [1.82, 2.24) is 9.97 Å². The number of nitrogens with one attached hydrogen (secondary N) is 1. The molecule has 0 saturated carbocycles. The lowest BCUT2D eigenvalue weighted by Crippen LogP contribution is -2.17. The van der Waals surface area contributed by atoms with Crippen LogP contribution >= 0.6 is 0 Å². The van der Waals surface area contributed by atoms with Gasteiger partial charge in [-0.2, -0.15) is 0 Å². The predicted molar refractivity (Wildman–Crippen MR) is 84.5 cm³/mol. The lowest BCUT2D eigenvalue weighted by atomic mass is 10.0. The van der Waals surface area contributed by atoms with E-state index < -0.39 is 0 Å². The second-order valence-corrected chi connectivity index (χ2v) is 5.40. The quantitative estimate of drug-likeness (QED) is 0.939. The van der Waals surface area contributed by atoms with E-state index in [9.17, 15) is 0 Å². The number of benzene rings is 1. The van der Waals surface area contributed by atoms with Gasteiger partial charge < -0.3 is 10.1 Å². The molecular weight excluding hydrogens is 262 g/mol. The van der Waals surface area contributed by atoms with E-state index >= 15 is 0 Å². The van der Waals surface area contributed by atoms with Gasteiger partial charge in [-0.1, -0.05) is 18.2 Å². The molecule has 0 amide bonds. The first-order valence-electron chi connectivity index (χ1n) is 7.48. The van der Waals surface area contributed by atoms with Crippen molar-refractivity contribution >= 4 is 5.82 Å². The Morgan fingerprint density at radius 2 is 2.10 bits per heavy atom. The van der Waals surface area contributed by atoms with Crippen LogP contribution in [-0.4, -0.2) is 23.1 Å². The molecule has 0 atom stereocenters. The highest BCUT2D eigenvalue weighted by Gasteiger charge is 2.19. The van der Waals surface area contributed by atoms with Crippen molar-refractivity contribution in [3.8, 4) is 11.4 Å². The van der Waals surface area contributed by atoms with E-state index in [2.05, 4.69) is 44.3 Å². The Hall–Kier alpha value is -1.94. The van der Waals surface area contributed by atoms with Crippen LogP contribution in [-0.2, 0) is 17.8 Å². The van der Waals surface area contributed by atoms with Crippen molar-refractivity contribution in [2.24, 2.45) is 0 Å². The van der Waals surface area contributed by atoms with Gasteiger partial charge in [0.05, 0.1) is 18.9 Å². The van der Waals surface area contributed by atoms with Gasteiger partial charge in [-0.25, -0.2) is 9.97 Å². The topological polar surface area (TPSA) is 47.0 Å². The number of aryl methyl sites for hydroxylation is 1. The lowest BCUT2D eigenvalue weighted by molar-refractivity contribution is 0.109. The first kappa shape index (κ1) is 14.0. The molecule has 1 aliphatic rings. The van der Waals surface area contributed by atoms with Crippen molar-refractivity contribution in [2.45, 2.75) is 33.8 Å². The van der Waals surface area contributed by atoms with Crippen molar-refractivity contribution in [3.05, 3.63) is 40.6 Å². The van der Waals surface area contributed by atoms with Crippen molar-refractivity contribution in [3.63, 3.8) is 0 Å². The second kappa shape index (κ2) is 5.82. The third-order valence-corrected chi connectivity index (χ3v) is 4.01. The minimum Gasteiger partial charge on any atom is -0.376 e. The summed E-state index contributed by atoms with van der Waals surface area (Å²) in [7, 11) is 0. The summed E-state index contributed by atoms with van der Waals surface area (Å²) in [4.78, 5) is 9.54. The number of nitrogens with zero attached hydrogens (tertiary/aromatic N) is 2. The molecule has 1 aromatic carbocycles. The smallest absolute Gasteiger partial charge is 0.162 e. The highest BCUT2D eigenvalue weighted by atomic mass is 16.5. The molecule has 0 saturated heterocycles. The molecule has 2 aromatic rings. The Balaban J connectivity index is 2.14. The molecular formula is C17H21N3O. The van der Waals surface area contributed by atoms with Gasteiger partial charge in [0.15, 0.2) is 5.82 Å². The second-order valence-electron chi connectivity index (χ2n) is 5.40. The van der Waals surface area contributed by atoms with E-state index in [1.54, 1.807) is 0 Å². The average molecular weight is 283 g/mol. The maximum absolute atomic E-state index is 5.55. The molecule has 110 valence electrons. The number of hydrogen-bond acceptors (Lipinski definition) is 4. The molecule has 0 spiro atoms. The summed E-state index contributed by atoms with van der Waals surface area (Å²) in [6.07, 6.45) is 0.855. The van der Waals surface area contributed by atoms with E-state index in [-0.39, 0.29) is 0 Å². The molecule has 1 aliphatic heterocycles. The molecule has 0 fully saturated rings. The average Bonchev–Trinajstić information content (AvgIpc) is 2.50. The van der Waals surface area contributed by atoms with Crippen LogP contribution in [0.5, 0.6) is 0 Å². The normalized spacial score (nSPS) is 13.9. The van der Waals surface area contributed by atoms with Gasteiger partial charge in [-0.15, -0.1) is 0 Å². The van der Waals surface area contributed by atoms with Gasteiger partial charge in [0.2, 0.25) is 0 Å². The number of rotatable bonds is 3. The van der Waals surface area contributed by atoms with Gasteiger partial charge in [-0.3, -0.25) is 0 Å². The van der Waals surface area contributed by atoms with Gasteiger partial charge in [0, 0.05) is 24.1 Å². The molecule has 21 heavy (non-hydrogen) atoms.